The number of nitrogens with one attached hydrogen (secondary N) is 4. The first kappa shape index (κ1) is 64.6. The van der Waals surface area contributed by atoms with Crippen LogP contribution in [0.3, 0.4) is 0 Å². The van der Waals surface area contributed by atoms with Gasteiger partial charge in [-0.05, 0) is 85.6 Å². The van der Waals surface area contributed by atoms with Gasteiger partial charge in [-0.25, -0.2) is 48.3 Å². The highest BCUT2D eigenvalue weighted by Crippen LogP contribution is 2.35. The summed E-state index contributed by atoms with van der Waals surface area (Å²) in [6.07, 6.45) is -15.3. The van der Waals surface area contributed by atoms with Crippen molar-refractivity contribution in [2.75, 3.05) is 13.1 Å². The second-order valence-corrected chi connectivity index (χ2v) is 21.4. The van der Waals surface area contributed by atoms with Gasteiger partial charge in [-0.3, -0.25) is 18.7 Å². The molecule has 38 heteroatoms. The summed E-state index contributed by atoms with van der Waals surface area (Å²) in [5, 5.41) is 26.1. The first-order chi connectivity index (χ1) is 41.4. The molecule has 88 heavy (non-hydrogen) atoms. The number of alkyl halides is 12. The Bertz CT molecular complexity index is 3650. The van der Waals surface area contributed by atoms with Crippen LogP contribution in [0.15, 0.2) is 107 Å². The zero-order valence-corrected chi connectivity index (χ0v) is 47.3. The molecule has 22 nitrogen and oxygen atoms in total. The van der Waals surface area contributed by atoms with Crippen LogP contribution in [-0.2, 0) is 35.8 Å². The number of amides is 2. The maximum atomic E-state index is 14.2. The predicted molar refractivity (Wildman–Crippen MR) is 288 cm³/mol. The minimum atomic E-state index is -5.08. The van der Waals surface area contributed by atoms with Crippen LogP contribution in [0.2, 0.25) is 20.1 Å². The maximum absolute atomic E-state index is 14.2. The number of benzene rings is 2. The number of pyridine rings is 2. The lowest BCUT2D eigenvalue weighted by atomic mass is 10.0. The molecule has 2 aliphatic heterocycles. The number of nitrogens with zero attached hydrogens (tertiary/aromatic N) is 14. The topological polar surface area (TPSA) is 249 Å². The molecule has 8 heterocycles. The van der Waals surface area contributed by atoms with Gasteiger partial charge in [0, 0.05) is 46.7 Å². The Labute approximate surface area is 505 Å². The van der Waals surface area contributed by atoms with E-state index in [1.165, 1.54) is 82.9 Å². The molecule has 6 atom stereocenters. The molecule has 468 valence electrons. The monoisotopic (exact) mass is 1330 g/mol. The van der Waals surface area contributed by atoms with E-state index < -0.39 is 123 Å². The highest BCUT2D eigenvalue weighted by molar-refractivity contribution is 6.32. The van der Waals surface area contributed by atoms with Crippen molar-refractivity contribution in [1.29, 1.82) is 0 Å². The smallest absolute Gasteiger partial charge is 0.342 e. The number of hydrogen-bond acceptors (Lipinski definition) is 14. The molecule has 2 amide bonds. The van der Waals surface area contributed by atoms with E-state index in [-0.39, 0.29) is 69.2 Å². The lowest BCUT2D eigenvalue weighted by molar-refractivity contribution is -0.171. The second-order valence-electron chi connectivity index (χ2n) is 19.7. The Morgan fingerprint density at radius 3 is 1.22 bits per heavy atom. The molecule has 0 spiro atoms. The fraction of sp³-hybridized carbons (Fsp3) is 0.360. The summed E-state index contributed by atoms with van der Waals surface area (Å²) in [7, 11) is 0. The van der Waals surface area contributed by atoms with E-state index in [1.54, 1.807) is 34.9 Å². The van der Waals surface area contributed by atoms with Gasteiger partial charge in [0.05, 0.1) is 47.1 Å². The molecule has 0 bridgehead atoms. The average molecular weight is 1330 g/mol. The van der Waals surface area contributed by atoms with Gasteiger partial charge in [-0.2, -0.15) is 52.7 Å². The van der Waals surface area contributed by atoms with E-state index in [4.69, 9.17) is 46.4 Å². The Kier molecular flexibility index (Phi) is 19.1. The number of carbonyl (C=O) groups excluding carboxylic acids is 2. The maximum Gasteiger partial charge on any atom is 0.410 e. The Morgan fingerprint density at radius 1 is 0.534 bits per heavy atom. The van der Waals surface area contributed by atoms with Gasteiger partial charge >= 0.3 is 36.1 Å². The minimum Gasteiger partial charge on any atom is -0.342 e. The van der Waals surface area contributed by atoms with E-state index in [2.05, 4.69) is 51.0 Å². The van der Waals surface area contributed by atoms with Crippen LogP contribution in [-0.4, -0.2) is 142 Å². The molecule has 10 rings (SSSR count). The van der Waals surface area contributed by atoms with Crippen LogP contribution in [0.25, 0.3) is 34.4 Å². The van der Waals surface area contributed by atoms with Crippen LogP contribution in [0.1, 0.15) is 24.5 Å². The van der Waals surface area contributed by atoms with Gasteiger partial charge in [0.2, 0.25) is 11.8 Å². The largest absolute Gasteiger partial charge is 0.410 e. The van der Waals surface area contributed by atoms with E-state index in [0.717, 1.165) is 9.36 Å². The third-order valence-electron chi connectivity index (χ3n) is 13.6. The molecular formula is C50H42Cl4F12N18O4. The molecule has 4 N–H and O–H groups in total. The van der Waals surface area contributed by atoms with Crippen LogP contribution in [0, 0.1) is 11.8 Å². The number of rotatable bonds is 16. The van der Waals surface area contributed by atoms with Gasteiger partial charge in [0.1, 0.15) is 37.8 Å². The first-order valence-corrected chi connectivity index (χ1v) is 27.2. The number of carbonyl (C=O) groups is 2. The fourth-order valence-corrected chi connectivity index (χ4v) is 9.76. The quantitative estimate of drug-likeness (QED) is 0.0696. The van der Waals surface area contributed by atoms with Crippen molar-refractivity contribution in [3.63, 3.8) is 0 Å². The Morgan fingerprint density at radius 2 is 0.898 bits per heavy atom. The van der Waals surface area contributed by atoms with Crippen LogP contribution in [0.5, 0.6) is 0 Å². The highest BCUT2D eigenvalue weighted by atomic mass is 35.5. The van der Waals surface area contributed by atoms with Crippen molar-refractivity contribution in [3.8, 4) is 34.4 Å². The fourth-order valence-electron chi connectivity index (χ4n) is 9.09. The molecule has 2 fully saturated rings. The predicted octanol–water partition coefficient (Wildman–Crippen LogP) is 7.26. The van der Waals surface area contributed by atoms with Crippen LogP contribution >= 0.6 is 46.4 Å². The molecule has 0 saturated carbocycles. The molecule has 6 aromatic heterocycles. The van der Waals surface area contributed by atoms with E-state index in [1.807, 2.05) is 0 Å². The molecule has 2 saturated heterocycles. The van der Waals surface area contributed by atoms with Crippen LogP contribution in [0.4, 0.5) is 52.7 Å². The average Bonchev–Trinajstić information content (AvgIpc) is 1.85. The zero-order chi connectivity index (χ0) is 63.6. The Hall–Kier alpha value is -7.92. The summed E-state index contributed by atoms with van der Waals surface area (Å²) in [5.41, 5.74) is -1.55. The molecule has 8 aromatic rings. The molecule has 3 unspecified atom stereocenters. The van der Waals surface area contributed by atoms with Crippen molar-refractivity contribution in [3.05, 3.63) is 151 Å². The normalized spacial score (nSPS) is 18.0. The number of aromatic nitrogens is 14. The first-order valence-electron chi connectivity index (χ1n) is 25.7. The van der Waals surface area contributed by atoms with E-state index in [0.29, 0.717) is 19.2 Å². The Balaban J connectivity index is 0.000000209. The van der Waals surface area contributed by atoms with E-state index >= 15 is 0 Å². The summed E-state index contributed by atoms with van der Waals surface area (Å²) in [5.74, 6) is -6.13. The van der Waals surface area contributed by atoms with Crippen molar-refractivity contribution >= 4 is 58.2 Å². The van der Waals surface area contributed by atoms with Crippen molar-refractivity contribution < 1.29 is 62.3 Å². The molecule has 2 aromatic carbocycles. The van der Waals surface area contributed by atoms with Crippen molar-refractivity contribution in [2.24, 2.45) is 11.8 Å². The lowest BCUT2D eigenvalue weighted by Gasteiger charge is -2.24. The van der Waals surface area contributed by atoms with Gasteiger partial charge in [0.15, 0.2) is 34.9 Å². The third-order valence-corrected chi connectivity index (χ3v) is 14.7. The number of halogens is 16. The standard InChI is InChI=1S/2C25H21Cl2F6N9O2/c2*26-15-5-3-13(4-6-15)20-39-41(11-19-36-12-42(38-19)21-16(27)2-1-7-34-21)23(44)40(20)10-18(25(31,32)33)37-22(43)17-8-14(9-35-17)24(28,29)30/h2*1-7,12,14,17-18,35H,8-11H2,(H,37,43)/t14?,17-,18?;14-,17-,18?/m10/s1. The summed E-state index contributed by atoms with van der Waals surface area (Å²) in [6, 6.07) is 9.55. The van der Waals surface area contributed by atoms with Gasteiger partial charge in [0.25, 0.3) is 0 Å². The molecule has 0 radical (unpaired) electrons. The summed E-state index contributed by atoms with van der Waals surface area (Å²) in [4.78, 5) is 68.6. The minimum absolute atomic E-state index is 0.0494. The van der Waals surface area contributed by atoms with E-state index in [9.17, 15) is 71.9 Å². The highest BCUT2D eigenvalue weighted by Gasteiger charge is 2.50. The van der Waals surface area contributed by atoms with Crippen molar-refractivity contribution in [2.45, 2.75) is 87.9 Å². The second kappa shape index (κ2) is 26.0. The number of hydrogen-bond donors (Lipinski definition) is 4. The lowest BCUT2D eigenvalue weighted by Crippen LogP contribution is -2.53. The summed E-state index contributed by atoms with van der Waals surface area (Å²) >= 11 is 24.2. The zero-order valence-electron chi connectivity index (χ0n) is 44.3. The summed E-state index contributed by atoms with van der Waals surface area (Å²) in [6.45, 7) is -4.21. The summed E-state index contributed by atoms with van der Waals surface area (Å²) < 4.78 is 169. The molecular weight excluding hydrogens is 1290 g/mol. The van der Waals surface area contributed by atoms with Gasteiger partial charge in [-0.15, -0.1) is 20.4 Å². The third kappa shape index (κ3) is 15.3. The van der Waals surface area contributed by atoms with Gasteiger partial charge < -0.3 is 21.3 Å². The van der Waals surface area contributed by atoms with Crippen molar-refractivity contribution in [1.82, 2.24) is 89.5 Å². The molecule has 0 aliphatic carbocycles. The molecule has 2 aliphatic rings. The van der Waals surface area contributed by atoms with Crippen LogP contribution < -0.4 is 32.6 Å². The van der Waals surface area contributed by atoms with Gasteiger partial charge in [-0.1, -0.05) is 46.4 Å². The SMILES string of the molecule is O=C(NC(Cn1c(-c2ccc(Cl)cc2)nn(Cc2ncn(-c3ncccc3Cl)n2)c1=O)C(F)(F)F)[C@@H]1C[C@H](C(F)(F)F)CN1.O=C(NC(Cn1c(-c2ccc(Cl)cc2)nn(Cc2ncn(-c3ncccc3Cl)n2)c1=O)C(F)(F)F)[C@H]1CC(C(F)(F)F)CN1.